The molecular formula is C43H55N5O5. The van der Waals surface area contributed by atoms with Gasteiger partial charge in [-0.25, -0.2) is 0 Å². The summed E-state index contributed by atoms with van der Waals surface area (Å²) in [7, 11) is 0. The van der Waals surface area contributed by atoms with Crippen molar-refractivity contribution in [3.63, 3.8) is 0 Å². The van der Waals surface area contributed by atoms with Crippen molar-refractivity contribution in [3.8, 4) is 5.75 Å². The third kappa shape index (κ3) is 9.65. The third-order valence-electron chi connectivity index (χ3n) is 11.0. The van der Waals surface area contributed by atoms with Gasteiger partial charge in [-0.05, 0) is 86.7 Å². The summed E-state index contributed by atoms with van der Waals surface area (Å²) in [6.07, 6.45) is 4.59. The van der Waals surface area contributed by atoms with Gasteiger partial charge in [0.2, 0.25) is 0 Å². The zero-order valence-electron chi connectivity index (χ0n) is 31.5. The summed E-state index contributed by atoms with van der Waals surface area (Å²) < 4.78 is 5.61. The van der Waals surface area contributed by atoms with Crippen LogP contribution < -0.4 is 10.1 Å². The highest BCUT2D eigenvalue weighted by molar-refractivity contribution is 6.36. The molecule has 0 unspecified atom stereocenters. The van der Waals surface area contributed by atoms with Crippen molar-refractivity contribution in [3.05, 3.63) is 102 Å². The van der Waals surface area contributed by atoms with E-state index in [-0.39, 0.29) is 24.2 Å². The minimum absolute atomic E-state index is 0.0547. The first-order valence-electron chi connectivity index (χ1n) is 19.4. The number of piperazine rings is 2. The van der Waals surface area contributed by atoms with Crippen LogP contribution in [0.25, 0.3) is 0 Å². The van der Waals surface area contributed by atoms with Crippen LogP contribution in [0.3, 0.4) is 0 Å². The number of nitrogens with zero attached hydrogens (tertiary/aromatic N) is 4. The largest absolute Gasteiger partial charge is 0.494 e. The number of amides is 4. The molecule has 10 heteroatoms. The first-order chi connectivity index (χ1) is 25.7. The van der Waals surface area contributed by atoms with Crippen molar-refractivity contribution in [1.82, 2.24) is 24.9 Å². The SMILES string of the molecule is CCOc1ccc(CCN2C(=O)C(=O)N([C@@H](CC(C)C)CN3CCC[C@H]3CN3C(=O)C(=O)NC[C@@H]3Cc3ccccc3)C[C@@H]2Cc2ccccc2)cc1. The van der Waals surface area contributed by atoms with Crippen LogP contribution in [-0.2, 0) is 38.4 Å². The maximum Gasteiger partial charge on any atom is 0.312 e. The van der Waals surface area contributed by atoms with Gasteiger partial charge in [0, 0.05) is 44.8 Å². The fourth-order valence-corrected chi connectivity index (χ4v) is 8.33. The van der Waals surface area contributed by atoms with Gasteiger partial charge in [-0.1, -0.05) is 86.6 Å². The zero-order chi connectivity index (χ0) is 37.3. The number of carbonyl (C=O) groups is 4. The van der Waals surface area contributed by atoms with E-state index < -0.39 is 23.6 Å². The molecule has 3 fully saturated rings. The number of ether oxygens (including phenoxy) is 1. The van der Waals surface area contributed by atoms with Crippen LogP contribution in [0, 0.1) is 5.92 Å². The van der Waals surface area contributed by atoms with Gasteiger partial charge < -0.3 is 24.8 Å². The van der Waals surface area contributed by atoms with Crippen LogP contribution >= 0.6 is 0 Å². The second kappa shape index (κ2) is 17.9. The summed E-state index contributed by atoms with van der Waals surface area (Å²) in [5, 5.41) is 2.80. The van der Waals surface area contributed by atoms with E-state index in [1.807, 2.05) is 72.5 Å². The summed E-state index contributed by atoms with van der Waals surface area (Å²) in [5.74, 6) is -0.790. The van der Waals surface area contributed by atoms with Gasteiger partial charge in [-0.15, -0.1) is 0 Å². The second-order valence-corrected chi connectivity index (χ2v) is 15.2. The van der Waals surface area contributed by atoms with E-state index in [0.29, 0.717) is 64.5 Å². The molecule has 4 atom stereocenters. The number of likely N-dealkylation sites (tertiary alicyclic amines) is 1. The fraction of sp³-hybridized carbons (Fsp3) is 0.488. The first kappa shape index (κ1) is 38.0. The minimum Gasteiger partial charge on any atom is -0.494 e. The summed E-state index contributed by atoms with van der Waals surface area (Å²) in [4.78, 5) is 62.0. The van der Waals surface area contributed by atoms with Gasteiger partial charge in [0.05, 0.1) is 18.7 Å². The van der Waals surface area contributed by atoms with Crippen LogP contribution in [0.1, 0.15) is 56.7 Å². The summed E-state index contributed by atoms with van der Waals surface area (Å²) in [6, 6.07) is 27.8. The molecule has 3 aromatic rings. The minimum atomic E-state index is -0.550. The molecule has 3 aliphatic heterocycles. The summed E-state index contributed by atoms with van der Waals surface area (Å²) >= 11 is 0. The molecular weight excluding hydrogens is 667 g/mol. The Morgan fingerprint density at radius 2 is 1.42 bits per heavy atom. The monoisotopic (exact) mass is 721 g/mol. The van der Waals surface area contributed by atoms with Crippen molar-refractivity contribution >= 4 is 23.6 Å². The van der Waals surface area contributed by atoms with E-state index in [1.165, 1.54) is 0 Å². The molecule has 3 heterocycles. The van der Waals surface area contributed by atoms with Crippen molar-refractivity contribution in [2.75, 3.05) is 45.9 Å². The number of hydrogen-bond acceptors (Lipinski definition) is 6. The maximum atomic E-state index is 14.2. The number of benzene rings is 3. The van der Waals surface area contributed by atoms with Crippen LogP contribution in [0.4, 0.5) is 0 Å². The van der Waals surface area contributed by atoms with Crippen LogP contribution in [-0.4, -0.2) is 113 Å². The van der Waals surface area contributed by atoms with Gasteiger partial charge in [-0.2, -0.15) is 0 Å². The van der Waals surface area contributed by atoms with Crippen molar-refractivity contribution < 1.29 is 23.9 Å². The lowest BCUT2D eigenvalue weighted by Crippen LogP contribution is -2.64. The highest BCUT2D eigenvalue weighted by atomic mass is 16.5. The lowest BCUT2D eigenvalue weighted by molar-refractivity contribution is -0.161. The second-order valence-electron chi connectivity index (χ2n) is 15.2. The van der Waals surface area contributed by atoms with Crippen molar-refractivity contribution in [2.45, 2.75) is 83.5 Å². The Balaban J connectivity index is 1.19. The van der Waals surface area contributed by atoms with Gasteiger partial charge in [0.1, 0.15) is 5.75 Å². The van der Waals surface area contributed by atoms with Crippen LogP contribution in [0.15, 0.2) is 84.9 Å². The predicted octanol–water partition coefficient (Wildman–Crippen LogP) is 4.36. The molecule has 0 spiro atoms. The van der Waals surface area contributed by atoms with Gasteiger partial charge >= 0.3 is 23.6 Å². The molecule has 0 aromatic heterocycles. The quantitative estimate of drug-likeness (QED) is 0.221. The average Bonchev–Trinajstić information content (AvgIpc) is 3.60. The Kier molecular flexibility index (Phi) is 12.8. The van der Waals surface area contributed by atoms with E-state index in [1.54, 1.807) is 9.80 Å². The standard InChI is InChI=1S/C43H55N5O5/c1-4-53-39-19-17-32(18-20-39)21-23-46-38(26-34-14-9-6-10-15-34)30-48(43(52)42(46)51)37(24-31(2)3)28-45-22-11-16-35(45)29-47-36(27-44-40(49)41(47)50)25-33-12-7-5-8-13-33/h5-10,12-15,17-20,31,35-38H,4,11,16,21-30H2,1-3H3,(H,44,49)/t35-,36-,37-,38-/m0/s1. The molecule has 10 nitrogen and oxygen atoms in total. The number of carbonyl (C=O) groups excluding carboxylic acids is 4. The molecule has 3 aromatic carbocycles. The molecule has 1 N–H and O–H groups in total. The number of rotatable bonds is 16. The molecule has 4 amide bonds. The van der Waals surface area contributed by atoms with Crippen molar-refractivity contribution in [1.29, 1.82) is 0 Å². The molecule has 282 valence electrons. The first-order valence-corrected chi connectivity index (χ1v) is 19.4. The molecule has 6 rings (SSSR count). The maximum absolute atomic E-state index is 14.2. The molecule has 0 radical (unpaired) electrons. The molecule has 0 saturated carbocycles. The van der Waals surface area contributed by atoms with E-state index in [4.69, 9.17) is 4.74 Å². The van der Waals surface area contributed by atoms with Gasteiger partial charge in [0.15, 0.2) is 0 Å². The number of hydrogen-bond donors (Lipinski definition) is 1. The lowest BCUT2D eigenvalue weighted by atomic mass is 9.96. The molecule has 0 bridgehead atoms. The van der Waals surface area contributed by atoms with Gasteiger partial charge in [0.25, 0.3) is 0 Å². The Morgan fingerprint density at radius 1 is 0.755 bits per heavy atom. The topological polar surface area (TPSA) is 102 Å². The van der Waals surface area contributed by atoms with E-state index >= 15 is 0 Å². The molecule has 3 saturated heterocycles. The lowest BCUT2D eigenvalue weighted by Gasteiger charge is -2.46. The zero-order valence-corrected chi connectivity index (χ0v) is 31.5. The van der Waals surface area contributed by atoms with E-state index in [2.05, 4.69) is 48.3 Å². The Bertz CT molecular complexity index is 1680. The Hall–Kier alpha value is -4.70. The highest BCUT2D eigenvalue weighted by Crippen LogP contribution is 2.27. The fourth-order valence-electron chi connectivity index (χ4n) is 8.33. The summed E-state index contributed by atoms with van der Waals surface area (Å²) in [5.41, 5.74) is 3.34. The Labute approximate surface area is 314 Å². The van der Waals surface area contributed by atoms with Gasteiger partial charge in [-0.3, -0.25) is 24.1 Å². The smallest absolute Gasteiger partial charge is 0.312 e. The summed E-state index contributed by atoms with van der Waals surface area (Å²) in [6.45, 7) is 10.1. The molecule has 53 heavy (non-hydrogen) atoms. The molecule has 3 aliphatic rings. The number of nitrogens with one attached hydrogen (secondary N) is 1. The van der Waals surface area contributed by atoms with E-state index in [9.17, 15) is 19.2 Å². The van der Waals surface area contributed by atoms with Crippen molar-refractivity contribution in [2.24, 2.45) is 5.92 Å². The van der Waals surface area contributed by atoms with E-state index in [0.717, 1.165) is 48.2 Å². The van der Waals surface area contributed by atoms with Crippen LogP contribution in [0.2, 0.25) is 0 Å². The third-order valence-corrected chi connectivity index (χ3v) is 11.0. The van der Waals surface area contributed by atoms with Crippen LogP contribution in [0.5, 0.6) is 5.75 Å². The highest BCUT2D eigenvalue weighted by Gasteiger charge is 2.44. The predicted molar refractivity (Wildman–Crippen MR) is 205 cm³/mol. The normalized spacial score (nSPS) is 21.7. The Morgan fingerprint density at radius 3 is 2.06 bits per heavy atom. The average molecular weight is 722 g/mol. The molecule has 0 aliphatic carbocycles.